The highest BCUT2D eigenvalue weighted by Gasteiger charge is 2.22. The van der Waals surface area contributed by atoms with Crippen molar-refractivity contribution in [2.75, 3.05) is 59.4 Å². The van der Waals surface area contributed by atoms with E-state index in [4.69, 9.17) is 19.4 Å². The summed E-state index contributed by atoms with van der Waals surface area (Å²) in [4.78, 5) is 28.5. The summed E-state index contributed by atoms with van der Waals surface area (Å²) >= 11 is 0. The van der Waals surface area contributed by atoms with Gasteiger partial charge in [-0.3, -0.25) is 4.98 Å². The number of hydrogen-bond acceptors (Lipinski definition) is 8. The molecule has 0 bridgehead atoms. The minimum Gasteiger partial charge on any atom is -0.494 e. The first-order valence-electron chi connectivity index (χ1n) is 15.2. The number of nitrogens with zero attached hydrogens (tertiary/aromatic N) is 4. The summed E-state index contributed by atoms with van der Waals surface area (Å²) < 4.78 is 42.4. The van der Waals surface area contributed by atoms with Gasteiger partial charge in [-0.05, 0) is 66.6 Å². The molecule has 3 N–H and O–H groups in total. The summed E-state index contributed by atoms with van der Waals surface area (Å²) in [5, 5.41) is 6.28. The van der Waals surface area contributed by atoms with Crippen molar-refractivity contribution in [3.8, 4) is 28.3 Å². The highest BCUT2D eigenvalue weighted by atomic mass is 32.2. The van der Waals surface area contributed by atoms with Gasteiger partial charge in [0.1, 0.15) is 28.1 Å². The molecule has 3 aromatic carbocycles. The molecule has 1 atom stereocenters. The summed E-state index contributed by atoms with van der Waals surface area (Å²) in [6, 6.07) is 18.9. The number of hydrogen-bond donors (Lipinski definition) is 3. The number of benzene rings is 3. The lowest BCUT2D eigenvalue weighted by Crippen LogP contribution is -2.37. The van der Waals surface area contributed by atoms with Crippen LogP contribution in [-0.4, -0.2) is 64.4 Å². The molecule has 0 saturated carbocycles. The fraction of sp³-hybridized carbons (Fsp3) is 0.235. The van der Waals surface area contributed by atoms with E-state index in [0.717, 1.165) is 5.56 Å². The van der Waals surface area contributed by atoms with Crippen LogP contribution < -0.4 is 25.0 Å². The zero-order chi connectivity index (χ0) is 32.8. The summed E-state index contributed by atoms with van der Waals surface area (Å²) in [6.07, 6.45) is 3.91. The number of ether oxygens (including phenoxy) is 2. The molecule has 11 nitrogen and oxygen atoms in total. The molecule has 0 aliphatic carbocycles. The molecule has 2 amide bonds. The summed E-state index contributed by atoms with van der Waals surface area (Å²) in [6.45, 7) is 4.23. The zero-order valence-electron chi connectivity index (χ0n) is 26.0. The van der Waals surface area contributed by atoms with E-state index in [2.05, 4.69) is 25.2 Å². The minimum absolute atomic E-state index is 0.168. The SMILES string of the molecule is CCCS(=O)Nc1cccc(-c2cc(OC)c3nc(-c4ccc(NC(=O)Nc5ccncc5)cc4)nc(N4CCOCC4)c3c2)c1F. The molecule has 2 aromatic heterocycles. The Bertz CT molecular complexity index is 1910. The first-order chi connectivity index (χ1) is 22.9. The molecule has 1 saturated heterocycles. The van der Waals surface area contributed by atoms with E-state index in [1.165, 1.54) is 0 Å². The lowest BCUT2D eigenvalue weighted by Gasteiger charge is -2.29. The predicted molar refractivity (Wildman–Crippen MR) is 184 cm³/mol. The van der Waals surface area contributed by atoms with Crippen LogP contribution in [0.1, 0.15) is 13.3 Å². The number of fused-ring (bicyclic) bond motifs is 1. The van der Waals surface area contributed by atoms with E-state index in [-0.39, 0.29) is 11.7 Å². The molecule has 47 heavy (non-hydrogen) atoms. The van der Waals surface area contributed by atoms with Crippen LogP contribution in [0.4, 0.5) is 32.1 Å². The van der Waals surface area contributed by atoms with Crippen LogP contribution in [0.15, 0.2) is 79.1 Å². The quantitative estimate of drug-likeness (QED) is 0.156. The van der Waals surface area contributed by atoms with Crippen molar-refractivity contribution in [2.24, 2.45) is 0 Å². The van der Waals surface area contributed by atoms with Gasteiger partial charge in [0.2, 0.25) is 0 Å². The van der Waals surface area contributed by atoms with Gasteiger partial charge in [-0.1, -0.05) is 19.1 Å². The van der Waals surface area contributed by atoms with Gasteiger partial charge in [-0.25, -0.2) is 23.4 Å². The standard InChI is InChI=1S/C34H34FN7O4S/c1-3-19-47(44)41-28-6-4-5-26(30(28)35)23-20-27-31(29(21-23)45-2)39-32(40-33(27)42-15-17-46-18-16-42)22-7-9-24(10-8-22)37-34(43)38-25-11-13-36-14-12-25/h4-14,20-21,41H,3,15-19H2,1-2H3,(H2,36,37,38,43). The second-order valence-electron chi connectivity index (χ2n) is 10.8. The van der Waals surface area contributed by atoms with Crippen LogP contribution in [0.5, 0.6) is 5.75 Å². The molecular formula is C34H34FN7O4S. The van der Waals surface area contributed by atoms with E-state index in [1.54, 1.807) is 68.0 Å². The van der Waals surface area contributed by atoms with Crippen LogP contribution in [0, 0.1) is 5.82 Å². The first kappa shape index (κ1) is 31.8. The molecule has 13 heteroatoms. The second-order valence-corrected chi connectivity index (χ2v) is 12.1. The number of pyridine rings is 1. The molecular weight excluding hydrogens is 621 g/mol. The third-order valence-corrected chi connectivity index (χ3v) is 8.76. The Morgan fingerprint density at radius 1 is 0.979 bits per heavy atom. The zero-order valence-corrected chi connectivity index (χ0v) is 26.8. The third-order valence-electron chi connectivity index (χ3n) is 7.54. The Morgan fingerprint density at radius 3 is 2.40 bits per heavy atom. The average Bonchev–Trinajstić information content (AvgIpc) is 3.09. The van der Waals surface area contributed by atoms with Gasteiger partial charge in [0.25, 0.3) is 0 Å². The fourth-order valence-electron chi connectivity index (χ4n) is 5.27. The molecule has 0 radical (unpaired) electrons. The third kappa shape index (κ3) is 7.31. The summed E-state index contributed by atoms with van der Waals surface area (Å²) in [7, 11) is 0.155. The Hall–Kier alpha value is -5.14. The van der Waals surface area contributed by atoms with Gasteiger partial charge in [0.15, 0.2) is 11.6 Å². The van der Waals surface area contributed by atoms with Crippen LogP contribution in [0.3, 0.4) is 0 Å². The van der Waals surface area contributed by atoms with Gasteiger partial charge in [-0.2, -0.15) is 0 Å². The molecule has 242 valence electrons. The Morgan fingerprint density at radius 2 is 1.70 bits per heavy atom. The van der Waals surface area contributed by atoms with Crippen molar-refractivity contribution in [3.63, 3.8) is 0 Å². The molecule has 1 aliphatic rings. The molecule has 1 unspecified atom stereocenters. The maximum absolute atomic E-state index is 15.8. The number of carbonyl (C=O) groups excluding carboxylic acids is 1. The van der Waals surface area contributed by atoms with Crippen molar-refractivity contribution < 1.29 is 22.9 Å². The Labute approximate surface area is 274 Å². The van der Waals surface area contributed by atoms with Crippen molar-refractivity contribution in [2.45, 2.75) is 13.3 Å². The number of aromatic nitrogens is 3. The predicted octanol–water partition coefficient (Wildman–Crippen LogP) is 6.47. The average molecular weight is 656 g/mol. The van der Waals surface area contributed by atoms with Gasteiger partial charge in [0, 0.05) is 59.1 Å². The highest BCUT2D eigenvalue weighted by molar-refractivity contribution is 7.86. The van der Waals surface area contributed by atoms with Crippen LogP contribution in [-0.2, 0) is 15.7 Å². The lowest BCUT2D eigenvalue weighted by molar-refractivity contribution is 0.122. The molecule has 1 aliphatic heterocycles. The number of morpholine rings is 1. The first-order valence-corrected chi connectivity index (χ1v) is 16.5. The second kappa shape index (κ2) is 14.5. The van der Waals surface area contributed by atoms with Gasteiger partial charge in [-0.15, -0.1) is 0 Å². The minimum atomic E-state index is -1.39. The maximum atomic E-state index is 15.8. The Balaban J connectivity index is 1.37. The van der Waals surface area contributed by atoms with Crippen molar-refractivity contribution in [1.82, 2.24) is 15.0 Å². The topological polar surface area (TPSA) is 131 Å². The van der Waals surface area contributed by atoms with Gasteiger partial charge in [0.05, 0.1) is 26.0 Å². The Kier molecular flexibility index (Phi) is 9.83. The van der Waals surface area contributed by atoms with E-state index in [9.17, 15) is 9.00 Å². The van der Waals surface area contributed by atoms with Crippen LogP contribution in [0.25, 0.3) is 33.4 Å². The fourth-order valence-corrected chi connectivity index (χ4v) is 6.14. The highest BCUT2D eigenvalue weighted by Crippen LogP contribution is 2.39. The normalized spacial score (nSPS) is 13.6. The van der Waals surface area contributed by atoms with Crippen LogP contribution >= 0.6 is 0 Å². The summed E-state index contributed by atoms with van der Waals surface area (Å²) in [5.74, 6) is 1.50. The van der Waals surface area contributed by atoms with Gasteiger partial charge >= 0.3 is 6.03 Å². The van der Waals surface area contributed by atoms with E-state index in [1.807, 2.05) is 25.1 Å². The maximum Gasteiger partial charge on any atom is 0.323 e. The number of amides is 2. The number of methoxy groups -OCH3 is 1. The molecule has 1 fully saturated rings. The van der Waals surface area contributed by atoms with Crippen molar-refractivity contribution in [1.29, 1.82) is 0 Å². The number of rotatable bonds is 10. The molecule has 3 heterocycles. The van der Waals surface area contributed by atoms with Crippen LogP contribution in [0.2, 0.25) is 0 Å². The number of carbonyl (C=O) groups is 1. The van der Waals surface area contributed by atoms with Crippen molar-refractivity contribution in [3.05, 3.63) is 84.9 Å². The molecule has 6 rings (SSSR count). The number of halogens is 1. The largest absolute Gasteiger partial charge is 0.494 e. The van der Waals surface area contributed by atoms with Crippen molar-refractivity contribution >= 4 is 50.8 Å². The van der Waals surface area contributed by atoms with Gasteiger partial charge < -0.3 is 29.7 Å². The van der Waals surface area contributed by atoms with E-state index in [0.29, 0.717) is 89.3 Å². The van der Waals surface area contributed by atoms with E-state index >= 15 is 4.39 Å². The number of nitrogens with one attached hydrogen (secondary N) is 3. The number of anilines is 4. The molecule has 0 spiro atoms. The smallest absolute Gasteiger partial charge is 0.323 e. The lowest BCUT2D eigenvalue weighted by atomic mass is 10.0. The number of urea groups is 1. The molecule has 5 aromatic rings. The summed E-state index contributed by atoms with van der Waals surface area (Å²) in [5.41, 5.74) is 3.59. The monoisotopic (exact) mass is 655 g/mol. The van der Waals surface area contributed by atoms with E-state index < -0.39 is 16.8 Å².